The average Bonchev–Trinajstić information content (AvgIpc) is 3.36. The summed E-state index contributed by atoms with van der Waals surface area (Å²) in [4.78, 5) is 16.7. The summed E-state index contributed by atoms with van der Waals surface area (Å²) in [5.41, 5.74) is 3.80. The molecule has 0 unspecified atom stereocenters. The molecule has 1 amide bonds. The van der Waals surface area contributed by atoms with E-state index >= 15 is 0 Å². The lowest BCUT2D eigenvalue weighted by atomic mass is 10.0. The fraction of sp³-hybridized carbons (Fsp3) is 0.0500. The topological polar surface area (TPSA) is 68.0 Å². The second-order valence-electron chi connectivity index (χ2n) is 5.78. The molecule has 0 radical (unpaired) electrons. The smallest absolute Gasteiger partial charge is 0.261 e. The van der Waals surface area contributed by atoms with Gasteiger partial charge in [-0.15, -0.1) is 11.3 Å². The number of pyridine rings is 1. The standard InChI is InChI=1S/C20H14ClN3O2S/c21-19-8-7-18(27-19)20(25)23-12-16-10-17(24-26-16)14-5-3-13(4-6-14)15-2-1-9-22-11-15/h1-11H,12H2,(H,23,25). The van der Waals surface area contributed by atoms with E-state index in [0.29, 0.717) is 15.0 Å². The van der Waals surface area contributed by atoms with Crippen molar-refractivity contribution in [3.05, 3.63) is 82.0 Å². The van der Waals surface area contributed by atoms with Gasteiger partial charge in [-0.1, -0.05) is 47.1 Å². The number of hydrogen-bond acceptors (Lipinski definition) is 5. The van der Waals surface area contributed by atoms with Crippen molar-refractivity contribution in [1.82, 2.24) is 15.5 Å². The number of nitrogens with zero attached hydrogens (tertiary/aromatic N) is 2. The number of hydrogen-bond donors (Lipinski definition) is 1. The molecule has 7 heteroatoms. The van der Waals surface area contributed by atoms with Crippen LogP contribution in [0.5, 0.6) is 0 Å². The minimum atomic E-state index is -0.189. The summed E-state index contributed by atoms with van der Waals surface area (Å²) in [6.45, 7) is 0.259. The van der Waals surface area contributed by atoms with Gasteiger partial charge in [0.1, 0.15) is 5.69 Å². The fourth-order valence-corrected chi connectivity index (χ4v) is 3.55. The van der Waals surface area contributed by atoms with E-state index in [0.717, 1.165) is 22.4 Å². The molecule has 3 heterocycles. The molecule has 0 aliphatic carbocycles. The second kappa shape index (κ2) is 7.73. The van der Waals surface area contributed by atoms with Crippen LogP contribution >= 0.6 is 22.9 Å². The lowest BCUT2D eigenvalue weighted by Crippen LogP contribution is -2.21. The van der Waals surface area contributed by atoms with Crippen molar-refractivity contribution >= 4 is 28.8 Å². The molecule has 3 aromatic heterocycles. The number of carbonyl (C=O) groups is 1. The number of amides is 1. The van der Waals surface area contributed by atoms with Gasteiger partial charge in [-0.05, 0) is 29.3 Å². The second-order valence-corrected chi connectivity index (χ2v) is 7.50. The Morgan fingerprint density at radius 1 is 1.07 bits per heavy atom. The van der Waals surface area contributed by atoms with Crippen LogP contribution in [0.15, 0.2) is 71.5 Å². The highest BCUT2D eigenvalue weighted by Gasteiger charge is 2.11. The Morgan fingerprint density at radius 3 is 2.59 bits per heavy atom. The highest BCUT2D eigenvalue weighted by molar-refractivity contribution is 7.17. The Bertz CT molecular complexity index is 1060. The molecule has 1 aromatic carbocycles. The molecule has 4 rings (SSSR count). The molecular formula is C20H14ClN3O2S. The Morgan fingerprint density at radius 2 is 1.89 bits per heavy atom. The normalized spacial score (nSPS) is 10.7. The zero-order chi connectivity index (χ0) is 18.6. The zero-order valence-corrected chi connectivity index (χ0v) is 15.6. The molecule has 5 nitrogen and oxygen atoms in total. The Balaban J connectivity index is 1.42. The first kappa shape index (κ1) is 17.5. The van der Waals surface area contributed by atoms with E-state index in [1.807, 2.05) is 48.7 Å². The minimum absolute atomic E-state index is 0.189. The van der Waals surface area contributed by atoms with Crippen LogP contribution in [0.1, 0.15) is 15.4 Å². The van der Waals surface area contributed by atoms with Gasteiger partial charge in [0.25, 0.3) is 5.91 Å². The van der Waals surface area contributed by atoms with E-state index < -0.39 is 0 Å². The Kier molecular flexibility index (Phi) is 5.00. The number of rotatable bonds is 5. The van der Waals surface area contributed by atoms with Gasteiger partial charge >= 0.3 is 0 Å². The summed E-state index contributed by atoms with van der Waals surface area (Å²) in [6.07, 6.45) is 3.58. The van der Waals surface area contributed by atoms with Crippen molar-refractivity contribution in [2.45, 2.75) is 6.54 Å². The van der Waals surface area contributed by atoms with Gasteiger partial charge in [-0.2, -0.15) is 0 Å². The lowest BCUT2D eigenvalue weighted by molar-refractivity contribution is 0.0951. The molecule has 0 fully saturated rings. The lowest BCUT2D eigenvalue weighted by Gasteiger charge is -2.01. The van der Waals surface area contributed by atoms with Crippen LogP contribution in [0.4, 0.5) is 0 Å². The van der Waals surface area contributed by atoms with Gasteiger partial charge in [0.2, 0.25) is 0 Å². The highest BCUT2D eigenvalue weighted by atomic mass is 35.5. The molecule has 0 atom stereocenters. The van der Waals surface area contributed by atoms with Crippen molar-refractivity contribution in [3.8, 4) is 22.4 Å². The number of carbonyl (C=O) groups excluding carboxylic acids is 1. The van der Waals surface area contributed by atoms with E-state index in [2.05, 4.69) is 15.5 Å². The third-order valence-electron chi connectivity index (χ3n) is 3.95. The summed E-state index contributed by atoms with van der Waals surface area (Å²) in [6, 6.07) is 17.1. The maximum atomic E-state index is 12.1. The summed E-state index contributed by atoms with van der Waals surface area (Å²) < 4.78 is 5.91. The highest BCUT2D eigenvalue weighted by Crippen LogP contribution is 2.24. The fourth-order valence-electron chi connectivity index (χ4n) is 2.59. The van der Waals surface area contributed by atoms with Crippen molar-refractivity contribution < 1.29 is 9.32 Å². The first-order chi connectivity index (χ1) is 13.2. The van der Waals surface area contributed by atoms with Crippen LogP contribution in [0.2, 0.25) is 4.34 Å². The molecule has 0 saturated carbocycles. The number of halogens is 1. The number of nitrogens with one attached hydrogen (secondary N) is 1. The first-order valence-electron chi connectivity index (χ1n) is 8.19. The number of aromatic nitrogens is 2. The SMILES string of the molecule is O=C(NCc1cc(-c2ccc(-c3cccnc3)cc2)no1)c1ccc(Cl)s1. The van der Waals surface area contributed by atoms with E-state index in [4.69, 9.17) is 16.1 Å². The third kappa shape index (κ3) is 4.07. The average molecular weight is 396 g/mol. The first-order valence-corrected chi connectivity index (χ1v) is 9.38. The van der Waals surface area contributed by atoms with Gasteiger partial charge in [0.05, 0.1) is 15.8 Å². The zero-order valence-electron chi connectivity index (χ0n) is 14.1. The summed E-state index contributed by atoms with van der Waals surface area (Å²) in [5, 5.41) is 6.88. The van der Waals surface area contributed by atoms with E-state index in [9.17, 15) is 4.79 Å². The molecule has 0 spiro atoms. The van der Waals surface area contributed by atoms with Crippen molar-refractivity contribution in [2.24, 2.45) is 0 Å². The molecule has 134 valence electrons. The van der Waals surface area contributed by atoms with E-state index in [1.54, 1.807) is 18.3 Å². The number of benzene rings is 1. The van der Waals surface area contributed by atoms with E-state index in [-0.39, 0.29) is 12.5 Å². The maximum absolute atomic E-state index is 12.1. The van der Waals surface area contributed by atoms with Crippen LogP contribution in [-0.4, -0.2) is 16.0 Å². The van der Waals surface area contributed by atoms with Crippen LogP contribution < -0.4 is 5.32 Å². The van der Waals surface area contributed by atoms with Crippen molar-refractivity contribution in [1.29, 1.82) is 0 Å². The van der Waals surface area contributed by atoms with Gasteiger partial charge in [0.15, 0.2) is 5.76 Å². The quantitative estimate of drug-likeness (QED) is 0.513. The Hall–Kier alpha value is -2.96. The van der Waals surface area contributed by atoms with Gasteiger partial charge < -0.3 is 9.84 Å². The molecule has 27 heavy (non-hydrogen) atoms. The van der Waals surface area contributed by atoms with Crippen LogP contribution in [0, 0.1) is 0 Å². The largest absolute Gasteiger partial charge is 0.359 e. The minimum Gasteiger partial charge on any atom is -0.359 e. The molecule has 1 N–H and O–H groups in total. The molecule has 0 aliphatic rings. The van der Waals surface area contributed by atoms with Gasteiger partial charge in [-0.25, -0.2) is 0 Å². The van der Waals surface area contributed by atoms with Gasteiger partial charge in [-0.3, -0.25) is 9.78 Å². The maximum Gasteiger partial charge on any atom is 0.261 e. The van der Waals surface area contributed by atoms with Crippen molar-refractivity contribution in [2.75, 3.05) is 0 Å². The van der Waals surface area contributed by atoms with Crippen LogP contribution in [0.25, 0.3) is 22.4 Å². The summed E-state index contributed by atoms with van der Waals surface area (Å²) in [5.74, 6) is 0.392. The number of thiophene rings is 1. The molecular weight excluding hydrogens is 382 g/mol. The molecule has 0 saturated heterocycles. The predicted octanol–water partition coefficient (Wildman–Crippen LogP) is 5.05. The summed E-state index contributed by atoms with van der Waals surface area (Å²) in [7, 11) is 0. The predicted molar refractivity (Wildman–Crippen MR) is 106 cm³/mol. The molecule has 0 bridgehead atoms. The van der Waals surface area contributed by atoms with Gasteiger partial charge in [0, 0.05) is 24.0 Å². The van der Waals surface area contributed by atoms with E-state index in [1.165, 1.54) is 11.3 Å². The Labute approximate surface area is 164 Å². The van der Waals surface area contributed by atoms with Crippen LogP contribution in [0.3, 0.4) is 0 Å². The van der Waals surface area contributed by atoms with Crippen LogP contribution in [-0.2, 0) is 6.54 Å². The van der Waals surface area contributed by atoms with Crippen molar-refractivity contribution in [3.63, 3.8) is 0 Å². The molecule has 0 aliphatic heterocycles. The summed E-state index contributed by atoms with van der Waals surface area (Å²) >= 11 is 7.08. The molecule has 4 aromatic rings. The monoisotopic (exact) mass is 395 g/mol. The third-order valence-corrected chi connectivity index (χ3v) is 5.18.